The lowest BCUT2D eigenvalue weighted by Crippen LogP contribution is -2.41. The molecule has 0 amide bonds. The first-order chi connectivity index (χ1) is 6.76. The van der Waals surface area contributed by atoms with Gasteiger partial charge in [-0.15, -0.1) is 0 Å². The summed E-state index contributed by atoms with van der Waals surface area (Å²) in [4.78, 5) is 2.64. The van der Waals surface area contributed by atoms with E-state index in [0.29, 0.717) is 5.41 Å². The highest BCUT2D eigenvalue weighted by Gasteiger charge is 2.28. The van der Waals surface area contributed by atoms with Crippen LogP contribution in [0.1, 0.15) is 39.5 Å². The fourth-order valence-corrected chi connectivity index (χ4v) is 2.57. The molecule has 0 bridgehead atoms. The van der Waals surface area contributed by atoms with Crippen LogP contribution >= 0.6 is 0 Å². The predicted octanol–water partition coefficient (Wildman–Crippen LogP) is 2.11. The Bertz CT molecular complexity index is 146. The molecule has 0 aromatic carbocycles. The zero-order valence-corrected chi connectivity index (χ0v) is 10.1. The third kappa shape index (κ3) is 2.96. The summed E-state index contributed by atoms with van der Waals surface area (Å²) in [5.74, 6) is 0. The van der Waals surface area contributed by atoms with Crippen molar-refractivity contribution < 1.29 is 0 Å². The van der Waals surface area contributed by atoms with Crippen LogP contribution in [0.5, 0.6) is 0 Å². The lowest BCUT2D eigenvalue weighted by Gasteiger charge is -2.35. The first kappa shape index (κ1) is 12.0. The molecule has 84 valence electrons. The Labute approximate surface area is 89.1 Å². The molecule has 1 heterocycles. The van der Waals surface area contributed by atoms with Crippen molar-refractivity contribution in [1.29, 1.82) is 0 Å². The van der Waals surface area contributed by atoms with E-state index in [0.717, 1.165) is 6.54 Å². The minimum absolute atomic E-state index is 0.513. The summed E-state index contributed by atoms with van der Waals surface area (Å²) in [7, 11) is 2.07. The van der Waals surface area contributed by atoms with E-state index >= 15 is 0 Å². The molecule has 1 aliphatic heterocycles. The lowest BCUT2D eigenvalue weighted by molar-refractivity contribution is 0.157. The summed E-state index contributed by atoms with van der Waals surface area (Å²) in [5, 5.41) is 3.36. The molecule has 0 aliphatic carbocycles. The van der Waals surface area contributed by atoms with E-state index < -0.39 is 0 Å². The molecule has 0 aromatic heterocycles. The summed E-state index contributed by atoms with van der Waals surface area (Å²) in [5.41, 5.74) is 0.513. The van der Waals surface area contributed by atoms with Gasteiger partial charge in [0.2, 0.25) is 0 Å². The predicted molar refractivity (Wildman–Crippen MR) is 62.6 cm³/mol. The van der Waals surface area contributed by atoms with Gasteiger partial charge in [0.05, 0.1) is 0 Å². The van der Waals surface area contributed by atoms with Crippen LogP contribution in [0.25, 0.3) is 0 Å². The molecule has 2 nitrogen and oxygen atoms in total. The number of rotatable bonds is 6. The minimum Gasteiger partial charge on any atom is -0.319 e. The molecule has 14 heavy (non-hydrogen) atoms. The van der Waals surface area contributed by atoms with E-state index in [-0.39, 0.29) is 0 Å². The zero-order chi connectivity index (χ0) is 10.4. The molecule has 1 N–H and O–H groups in total. The van der Waals surface area contributed by atoms with E-state index in [4.69, 9.17) is 0 Å². The van der Waals surface area contributed by atoms with E-state index in [1.54, 1.807) is 0 Å². The van der Waals surface area contributed by atoms with E-state index in [1.165, 1.54) is 45.3 Å². The summed E-state index contributed by atoms with van der Waals surface area (Å²) in [6, 6.07) is 0. The van der Waals surface area contributed by atoms with Crippen molar-refractivity contribution in [3.63, 3.8) is 0 Å². The zero-order valence-electron chi connectivity index (χ0n) is 10.1. The highest BCUT2D eigenvalue weighted by Crippen LogP contribution is 2.28. The van der Waals surface area contributed by atoms with Crippen molar-refractivity contribution in [2.45, 2.75) is 39.5 Å². The molecule has 1 saturated heterocycles. The van der Waals surface area contributed by atoms with Gasteiger partial charge in [-0.2, -0.15) is 0 Å². The van der Waals surface area contributed by atoms with Crippen LogP contribution in [-0.2, 0) is 0 Å². The Kier molecular flexibility index (Phi) is 4.90. The second kappa shape index (κ2) is 5.72. The Morgan fingerprint density at radius 1 is 1.14 bits per heavy atom. The largest absolute Gasteiger partial charge is 0.319 e. The average Bonchev–Trinajstić information content (AvgIpc) is 2.69. The van der Waals surface area contributed by atoms with E-state index in [2.05, 4.69) is 31.1 Å². The molecule has 1 rings (SSSR count). The van der Waals surface area contributed by atoms with Crippen molar-refractivity contribution >= 4 is 0 Å². The SMILES string of the molecule is CCC(CC)(CNC)CN1CCCC1. The van der Waals surface area contributed by atoms with Crippen molar-refractivity contribution in [3.05, 3.63) is 0 Å². The fraction of sp³-hybridized carbons (Fsp3) is 1.00. The van der Waals surface area contributed by atoms with Gasteiger partial charge < -0.3 is 10.2 Å². The molecular weight excluding hydrogens is 172 g/mol. The van der Waals surface area contributed by atoms with Crippen LogP contribution in [-0.4, -0.2) is 38.1 Å². The third-order valence-corrected chi connectivity index (χ3v) is 3.81. The topological polar surface area (TPSA) is 15.3 Å². The van der Waals surface area contributed by atoms with Crippen LogP contribution in [0, 0.1) is 5.41 Å². The van der Waals surface area contributed by atoms with Gasteiger partial charge >= 0.3 is 0 Å². The second-order valence-electron chi connectivity index (χ2n) is 4.72. The monoisotopic (exact) mass is 198 g/mol. The van der Waals surface area contributed by atoms with Crippen molar-refractivity contribution in [2.24, 2.45) is 5.41 Å². The highest BCUT2D eigenvalue weighted by atomic mass is 15.1. The van der Waals surface area contributed by atoms with Crippen molar-refractivity contribution in [1.82, 2.24) is 10.2 Å². The normalized spacial score (nSPS) is 19.1. The van der Waals surface area contributed by atoms with Gasteiger partial charge in [0.1, 0.15) is 0 Å². The molecule has 0 saturated carbocycles. The molecule has 0 aromatic rings. The summed E-state index contributed by atoms with van der Waals surface area (Å²) in [6.07, 6.45) is 5.40. The second-order valence-corrected chi connectivity index (χ2v) is 4.72. The van der Waals surface area contributed by atoms with Crippen LogP contribution < -0.4 is 5.32 Å². The van der Waals surface area contributed by atoms with Gasteiger partial charge in [-0.1, -0.05) is 13.8 Å². The molecule has 0 unspecified atom stereocenters. The number of nitrogens with one attached hydrogen (secondary N) is 1. The summed E-state index contributed by atoms with van der Waals surface area (Å²) >= 11 is 0. The van der Waals surface area contributed by atoms with E-state index in [9.17, 15) is 0 Å². The van der Waals surface area contributed by atoms with Gasteiger partial charge in [-0.05, 0) is 51.2 Å². The van der Waals surface area contributed by atoms with Crippen molar-refractivity contribution in [2.75, 3.05) is 33.2 Å². The molecule has 1 aliphatic rings. The standard InChI is InChI=1S/C12H26N2/c1-4-12(5-2,10-13-3)11-14-8-6-7-9-14/h13H,4-11H2,1-3H3. The first-order valence-corrected chi connectivity index (χ1v) is 6.13. The van der Waals surface area contributed by atoms with Crippen LogP contribution in [0.4, 0.5) is 0 Å². The quantitative estimate of drug-likeness (QED) is 0.703. The third-order valence-electron chi connectivity index (χ3n) is 3.81. The Morgan fingerprint density at radius 3 is 2.14 bits per heavy atom. The van der Waals surface area contributed by atoms with Crippen molar-refractivity contribution in [3.8, 4) is 0 Å². The number of hydrogen-bond acceptors (Lipinski definition) is 2. The van der Waals surface area contributed by atoms with Crippen LogP contribution in [0.2, 0.25) is 0 Å². The first-order valence-electron chi connectivity index (χ1n) is 6.13. The van der Waals surface area contributed by atoms with Crippen LogP contribution in [0.3, 0.4) is 0 Å². The van der Waals surface area contributed by atoms with Crippen LogP contribution in [0.15, 0.2) is 0 Å². The summed E-state index contributed by atoms with van der Waals surface area (Å²) in [6.45, 7) is 9.77. The number of hydrogen-bond donors (Lipinski definition) is 1. The summed E-state index contributed by atoms with van der Waals surface area (Å²) < 4.78 is 0. The molecule has 2 heteroatoms. The fourth-order valence-electron chi connectivity index (χ4n) is 2.57. The van der Waals surface area contributed by atoms with Gasteiger partial charge in [0.25, 0.3) is 0 Å². The minimum atomic E-state index is 0.513. The average molecular weight is 198 g/mol. The number of nitrogens with zero attached hydrogens (tertiary/aromatic N) is 1. The lowest BCUT2D eigenvalue weighted by atomic mass is 9.81. The molecule has 0 radical (unpaired) electrons. The smallest absolute Gasteiger partial charge is 0.00499 e. The van der Waals surface area contributed by atoms with E-state index in [1.807, 2.05) is 0 Å². The van der Waals surface area contributed by atoms with Gasteiger partial charge in [-0.25, -0.2) is 0 Å². The molecule has 1 fully saturated rings. The maximum Gasteiger partial charge on any atom is 0.00499 e. The maximum atomic E-state index is 3.36. The molecular formula is C12H26N2. The Morgan fingerprint density at radius 2 is 1.71 bits per heavy atom. The number of likely N-dealkylation sites (tertiary alicyclic amines) is 1. The van der Waals surface area contributed by atoms with Gasteiger partial charge in [0.15, 0.2) is 0 Å². The molecule has 0 spiro atoms. The Hall–Kier alpha value is -0.0800. The molecule has 0 atom stereocenters. The highest BCUT2D eigenvalue weighted by molar-refractivity contribution is 4.83. The van der Waals surface area contributed by atoms with Gasteiger partial charge in [-0.3, -0.25) is 0 Å². The Balaban J connectivity index is 2.47. The van der Waals surface area contributed by atoms with Gasteiger partial charge in [0, 0.05) is 13.1 Å². The maximum absolute atomic E-state index is 3.36.